The van der Waals surface area contributed by atoms with Crippen LogP contribution in [0.1, 0.15) is 0 Å². The van der Waals surface area contributed by atoms with E-state index in [0.717, 1.165) is 5.17 Å². The minimum Gasteiger partial charge on any atom is -0.436 e. The summed E-state index contributed by atoms with van der Waals surface area (Å²) in [5, 5.41) is 8.74. The van der Waals surface area contributed by atoms with E-state index in [9.17, 15) is 4.79 Å². The molecule has 74 valence electrons. The third-order valence-electron chi connectivity index (χ3n) is 1.94. The van der Waals surface area contributed by atoms with Gasteiger partial charge in [0, 0.05) is 0 Å². The van der Waals surface area contributed by atoms with E-state index in [1.165, 1.54) is 7.11 Å². The molecule has 0 N–H and O–H groups in total. The molecule has 1 aliphatic heterocycles. The number of carbonyl (C=O) groups is 1. The first-order chi connectivity index (χ1) is 6.81. The Bertz CT molecular complexity index is 324. The normalized spacial score (nSPS) is 27.6. The maximum atomic E-state index is 10.8. The van der Waals surface area contributed by atoms with Gasteiger partial charge in [0.15, 0.2) is 0 Å². The van der Waals surface area contributed by atoms with Gasteiger partial charge in [0.05, 0.1) is 7.11 Å². The molecule has 1 aliphatic carbocycles. The average molecular weight is 195 g/mol. The zero-order valence-corrected chi connectivity index (χ0v) is 7.53. The highest BCUT2D eigenvalue weighted by molar-refractivity contribution is 5.59. The lowest BCUT2D eigenvalue weighted by atomic mass is 10.1. The molecular formula is C8H9N3O3. The fraction of sp³-hybridized carbons (Fsp3) is 0.375. The summed E-state index contributed by atoms with van der Waals surface area (Å²) in [4.78, 5) is 15.6. The Kier molecular flexibility index (Phi) is 2.18. The monoisotopic (exact) mass is 195 g/mol. The highest BCUT2D eigenvalue weighted by atomic mass is 16.8. The van der Waals surface area contributed by atoms with Crippen LogP contribution in [0, 0.1) is 0 Å². The number of ether oxygens (including phenoxy) is 1. The van der Waals surface area contributed by atoms with Gasteiger partial charge in [0.1, 0.15) is 12.1 Å². The van der Waals surface area contributed by atoms with Gasteiger partial charge in [-0.25, -0.2) is 4.79 Å². The maximum absolute atomic E-state index is 10.8. The molecule has 14 heavy (non-hydrogen) atoms. The number of hydrogen-bond donors (Lipinski definition) is 0. The topological polar surface area (TPSA) is 63.5 Å². The van der Waals surface area contributed by atoms with Crippen LogP contribution in [0.2, 0.25) is 0 Å². The van der Waals surface area contributed by atoms with E-state index in [1.54, 1.807) is 0 Å². The van der Waals surface area contributed by atoms with Crippen molar-refractivity contribution in [1.29, 1.82) is 0 Å². The van der Waals surface area contributed by atoms with Crippen molar-refractivity contribution in [2.75, 3.05) is 7.11 Å². The van der Waals surface area contributed by atoms with Gasteiger partial charge < -0.3 is 4.74 Å². The summed E-state index contributed by atoms with van der Waals surface area (Å²) in [6, 6.07) is -0.233. The van der Waals surface area contributed by atoms with E-state index in [4.69, 9.17) is 4.84 Å². The number of hydroxylamine groups is 1. The van der Waals surface area contributed by atoms with Crippen LogP contribution in [0.25, 0.3) is 0 Å². The number of rotatable bonds is 1. The first kappa shape index (κ1) is 8.74. The Hall–Kier alpha value is -1.85. The molecule has 0 bridgehead atoms. The van der Waals surface area contributed by atoms with Crippen molar-refractivity contribution in [3.05, 3.63) is 24.3 Å². The number of fused-ring (bicyclic) bond motifs is 1. The molecule has 0 saturated heterocycles. The van der Waals surface area contributed by atoms with Crippen LogP contribution < -0.4 is 0 Å². The van der Waals surface area contributed by atoms with Gasteiger partial charge in [-0.15, -0.1) is 0 Å². The average Bonchev–Trinajstić information content (AvgIpc) is 2.62. The molecule has 0 aromatic carbocycles. The molecule has 2 rings (SSSR count). The lowest BCUT2D eigenvalue weighted by molar-refractivity contribution is -0.134. The van der Waals surface area contributed by atoms with Crippen LogP contribution in [0.3, 0.4) is 0 Å². The second kappa shape index (κ2) is 3.49. The Balaban J connectivity index is 2.02. The molecule has 0 aromatic heterocycles. The number of hydrogen-bond acceptors (Lipinski definition) is 6. The Morgan fingerprint density at radius 3 is 3.00 bits per heavy atom. The Labute approximate surface area is 80.4 Å². The van der Waals surface area contributed by atoms with Crippen molar-refractivity contribution in [2.45, 2.75) is 12.1 Å². The van der Waals surface area contributed by atoms with Crippen LogP contribution in [0.15, 0.2) is 34.6 Å². The standard InChI is InChI=1S/C8H9N3O3/c1-13-8(12)14-11-7-5-3-2-4-6(7)9-10-11/h2-7H,1H3. The van der Waals surface area contributed by atoms with E-state index in [0.29, 0.717) is 0 Å². The van der Waals surface area contributed by atoms with E-state index in [2.05, 4.69) is 15.1 Å². The van der Waals surface area contributed by atoms with E-state index >= 15 is 0 Å². The first-order valence-corrected chi connectivity index (χ1v) is 4.12. The van der Waals surface area contributed by atoms with Crippen LogP contribution in [0.5, 0.6) is 0 Å². The van der Waals surface area contributed by atoms with Gasteiger partial charge in [0.25, 0.3) is 0 Å². The SMILES string of the molecule is COC(=O)ON1N=NC2C=CC=CC21. The predicted octanol–water partition coefficient (Wildman–Crippen LogP) is 1.23. The van der Waals surface area contributed by atoms with Gasteiger partial charge in [-0.2, -0.15) is 5.11 Å². The lowest BCUT2D eigenvalue weighted by Gasteiger charge is -2.19. The molecule has 1 heterocycles. The molecule has 2 aliphatic rings. The summed E-state index contributed by atoms with van der Waals surface area (Å²) in [5.41, 5.74) is 0. The largest absolute Gasteiger partial charge is 0.534 e. The molecule has 0 fully saturated rings. The fourth-order valence-electron chi connectivity index (χ4n) is 1.26. The third kappa shape index (κ3) is 1.46. The van der Waals surface area contributed by atoms with Crippen LogP contribution >= 0.6 is 0 Å². The van der Waals surface area contributed by atoms with E-state index in [-0.39, 0.29) is 12.1 Å². The quantitative estimate of drug-likeness (QED) is 0.590. The van der Waals surface area contributed by atoms with Crippen LogP contribution in [0.4, 0.5) is 4.79 Å². The minimum absolute atomic E-state index is 0.0790. The van der Waals surface area contributed by atoms with E-state index in [1.807, 2.05) is 24.3 Å². The van der Waals surface area contributed by atoms with Gasteiger partial charge in [0.2, 0.25) is 0 Å². The zero-order chi connectivity index (χ0) is 9.97. The van der Waals surface area contributed by atoms with Crippen molar-refractivity contribution in [1.82, 2.24) is 5.17 Å². The molecule has 2 atom stereocenters. The predicted molar refractivity (Wildman–Crippen MR) is 46.0 cm³/mol. The molecular weight excluding hydrogens is 186 g/mol. The minimum atomic E-state index is -0.799. The summed E-state index contributed by atoms with van der Waals surface area (Å²) in [6.07, 6.45) is 6.67. The molecule has 0 amide bonds. The first-order valence-electron chi connectivity index (χ1n) is 4.12. The van der Waals surface area contributed by atoms with Crippen molar-refractivity contribution in [2.24, 2.45) is 10.3 Å². The Morgan fingerprint density at radius 1 is 1.43 bits per heavy atom. The molecule has 0 radical (unpaired) electrons. The third-order valence-corrected chi connectivity index (χ3v) is 1.94. The summed E-state index contributed by atoms with van der Waals surface area (Å²) in [5.74, 6) is 0. The second-order valence-corrected chi connectivity index (χ2v) is 2.80. The van der Waals surface area contributed by atoms with Crippen LogP contribution in [-0.2, 0) is 9.57 Å². The molecule has 0 saturated carbocycles. The summed E-state index contributed by atoms with van der Waals surface area (Å²) in [7, 11) is 1.24. The Morgan fingerprint density at radius 2 is 2.21 bits per heavy atom. The van der Waals surface area contributed by atoms with Gasteiger partial charge in [-0.1, -0.05) is 29.5 Å². The number of carbonyl (C=O) groups excluding carboxylic acids is 1. The van der Waals surface area contributed by atoms with Gasteiger partial charge >= 0.3 is 6.16 Å². The summed E-state index contributed by atoms with van der Waals surface area (Å²) >= 11 is 0. The van der Waals surface area contributed by atoms with Gasteiger partial charge in [-0.3, -0.25) is 4.84 Å². The zero-order valence-electron chi connectivity index (χ0n) is 7.53. The molecule has 0 spiro atoms. The molecule has 0 aromatic rings. The molecule has 2 unspecified atom stereocenters. The van der Waals surface area contributed by atoms with Crippen molar-refractivity contribution >= 4 is 6.16 Å². The lowest BCUT2D eigenvalue weighted by Crippen LogP contribution is -2.34. The fourth-order valence-corrected chi connectivity index (χ4v) is 1.26. The number of methoxy groups -OCH3 is 1. The van der Waals surface area contributed by atoms with Crippen molar-refractivity contribution < 1.29 is 14.4 Å². The van der Waals surface area contributed by atoms with Gasteiger partial charge in [-0.05, 0) is 5.22 Å². The van der Waals surface area contributed by atoms with Crippen molar-refractivity contribution in [3.63, 3.8) is 0 Å². The number of nitrogens with zero attached hydrogens (tertiary/aromatic N) is 3. The highest BCUT2D eigenvalue weighted by Crippen LogP contribution is 2.23. The molecule has 6 nitrogen and oxygen atoms in total. The van der Waals surface area contributed by atoms with E-state index < -0.39 is 6.16 Å². The highest BCUT2D eigenvalue weighted by Gasteiger charge is 2.33. The van der Waals surface area contributed by atoms with Crippen LogP contribution in [-0.4, -0.2) is 30.5 Å². The summed E-state index contributed by atoms with van der Waals surface area (Å²) < 4.78 is 4.35. The number of allylic oxidation sites excluding steroid dienone is 2. The summed E-state index contributed by atoms with van der Waals surface area (Å²) in [6.45, 7) is 0. The molecule has 6 heteroatoms. The second-order valence-electron chi connectivity index (χ2n) is 2.80. The van der Waals surface area contributed by atoms with Crippen molar-refractivity contribution in [3.8, 4) is 0 Å². The maximum Gasteiger partial charge on any atom is 0.534 e. The smallest absolute Gasteiger partial charge is 0.436 e.